The second-order valence-electron chi connectivity index (χ2n) is 7.63. The van der Waals surface area contributed by atoms with Gasteiger partial charge in [0.15, 0.2) is 5.13 Å². The van der Waals surface area contributed by atoms with E-state index in [0.717, 1.165) is 46.7 Å². The van der Waals surface area contributed by atoms with Gasteiger partial charge in [0.05, 0.1) is 18.7 Å². The van der Waals surface area contributed by atoms with Crippen LogP contribution in [0.2, 0.25) is 0 Å². The molecule has 0 bridgehead atoms. The summed E-state index contributed by atoms with van der Waals surface area (Å²) in [5.74, 6) is 0.351. The summed E-state index contributed by atoms with van der Waals surface area (Å²) in [5, 5.41) is 6.44. The lowest BCUT2D eigenvalue weighted by Gasteiger charge is -2.11. The monoisotopic (exact) mass is 435 g/mol. The maximum atomic E-state index is 12.7. The number of fused-ring (bicyclic) bond motifs is 1. The van der Waals surface area contributed by atoms with Crippen molar-refractivity contribution in [2.45, 2.75) is 32.1 Å². The second-order valence-corrected chi connectivity index (χ2v) is 8.72. The molecule has 6 nitrogen and oxygen atoms in total. The van der Waals surface area contributed by atoms with E-state index in [9.17, 15) is 9.59 Å². The van der Waals surface area contributed by atoms with E-state index in [4.69, 9.17) is 4.74 Å². The Balaban J connectivity index is 1.34. The zero-order valence-corrected chi connectivity index (χ0v) is 18.4. The molecule has 2 amide bonds. The summed E-state index contributed by atoms with van der Waals surface area (Å²) in [6, 6.07) is 15.2. The highest BCUT2D eigenvalue weighted by Crippen LogP contribution is 2.38. The largest absolute Gasteiger partial charge is 0.497 e. The molecule has 0 aliphatic heterocycles. The molecule has 7 heteroatoms. The van der Waals surface area contributed by atoms with Crippen molar-refractivity contribution in [2.24, 2.45) is 0 Å². The number of hydrogen-bond donors (Lipinski definition) is 2. The second kappa shape index (κ2) is 9.31. The van der Waals surface area contributed by atoms with E-state index in [1.54, 1.807) is 19.2 Å². The number of rotatable bonds is 7. The van der Waals surface area contributed by atoms with Crippen molar-refractivity contribution in [3.8, 4) is 5.75 Å². The number of carbonyl (C=O) groups is 2. The lowest BCUT2D eigenvalue weighted by molar-refractivity contribution is -0.122. The highest BCUT2D eigenvalue weighted by atomic mass is 32.1. The number of amides is 2. The van der Waals surface area contributed by atoms with E-state index in [0.29, 0.717) is 17.2 Å². The summed E-state index contributed by atoms with van der Waals surface area (Å²) in [6.07, 6.45) is 2.30. The third-order valence-corrected chi connectivity index (χ3v) is 6.46. The molecule has 0 fully saturated rings. The third-order valence-electron chi connectivity index (χ3n) is 5.42. The first-order chi connectivity index (χ1) is 15.0. The molecule has 1 aliphatic rings. The fourth-order valence-electron chi connectivity index (χ4n) is 3.69. The number of hydrogen-bond acceptors (Lipinski definition) is 5. The first-order valence-electron chi connectivity index (χ1n) is 10.3. The molecule has 0 saturated carbocycles. The number of nitrogens with one attached hydrogen (secondary N) is 2. The zero-order chi connectivity index (χ0) is 21.8. The zero-order valence-electron chi connectivity index (χ0n) is 17.6. The van der Waals surface area contributed by atoms with Gasteiger partial charge in [0.25, 0.3) is 5.91 Å². The lowest BCUT2D eigenvalue weighted by atomic mass is 10.1. The van der Waals surface area contributed by atoms with Crippen LogP contribution in [0, 0.1) is 6.92 Å². The van der Waals surface area contributed by atoms with Crippen molar-refractivity contribution in [1.29, 1.82) is 0 Å². The molecule has 2 aromatic carbocycles. The number of nitrogens with zero attached hydrogens (tertiary/aromatic N) is 1. The highest BCUT2D eigenvalue weighted by molar-refractivity contribution is 7.16. The van der Waals surface area contributed by atoms with Gasteiger partial charge in [-0.2, -0.15) is 0 Å². The van der Waals surface area contributed by atoms with Crippen molar-refractivity contribution in [3.05, 3.63) is 75.8 Å². The fraction of sp³-hybridized carbons (Fsp3) is 0.292. The number of ether oxygens (including phenoxy) is 1. The first-order valence-corrected chi connectivity index (χ1v) is 11.1. The van der Waals surface area contributed by atoms with Crippen LogP contribution in [-0.2, 0) is 17.6 Å². The summed E-state index contributed by atoms with van der Waals surface area (Å²) in [5.41, 5.74) is 3.60. The topological polar surface area (TPSA) is 80.3 Å². The van der Waals surface area contributed by atoms with Crippen LogP contribution in [0.5, 0.6) is 5.75 Å². The average Bonchev–Trinajstić information content (AvgIpc) is 3.34. The van der Waals surface area contributed by atoms with Crippen LogP contribution in [0.25, 0.3) is 0 Å². The molecule has 1 aliphatic carbocycles. The Morgan fingerprint density at radius 2 is 2.00 bits per heavy atom. The van der Waals surface area contributed by atoms with Crippen LogP contribution in [0.3, 0.4) is 0 Å². The minimum Gasteiger partial charge on any atom is -0.497 e. The van der Waals surface area contributed by atoms with Crippen molar-refractivity contribution < 1.29 is 14.3 Å². The van der Waals surface area contributed by atoms with Crippen LogP contribution in [-0.4, -0.2) is 30.5 Å². The van der Waals surface area contributed by atoms with E-state index >= 15 is 0 Å². The number of carbonyl (C=O) groups excluding carboxylic acids is 2. The standard InChI is InChI=1S/C24H25N3O3S/c1-15-6-8-17(9-7-15)22(28)27-24-26-21-19(10-11-20(21)31-24)23(29)25-13-12-16-4-3-5-18(14-16)30-2/h3-9,14,19H,10-13H2,1-2H3,(H,25,29)(H,26,27,28)/t19-/m1/s1. The van der Waals surface area contributed by atoms with Crippen LogP contribution in [0.4, 0.5) is 5.13 Å². The van der Waals surface area contributed by atoms with Crippen LogP contribution in [0.1, 0.15) is 44.4 Å². The molecule has 2 N–H and O–H groups in total. The lowest BCUT2D eigenvalue weighted by Crippen LogP contribution is -2.30. The quantitative estimate of drug-likeness (QED) is 0.586. The van der Waals surface area contributed by atoms with E-state index in [1.807, 2.05) is 43.3 Å². The highest BCUT2D eigenvalue weighted by Gasteiger charge is 2.32. The first kappa shape index (κ1) is 21.1. The molecule has 31 heavy (non-hydrogen) atoms. The SMILES string of the molecule is COc1cccc(CCNC(=O)[C@@H]2CCc3sc(NC(=O)c4ccc(C)cc4)nc32)c1. The van der Waals surface area contributed by atoms with E-state index < -0.39 is 0 Å². The Morgan fingerprint density at radius 1 is 1.19 bits per heavy atom. The minimum absolute atomic E-state index is 0.0108. The molecule has 3 aromatic rings. The van der Waals surface area contributed by atoms with Crippen LogP contribution >= 0.6 is 11.3 Å². The Morgan fingerprint density at radius 3 is 2.77 bits per heavy atom. The molecule has 0 unspecified atom stereocenters. The van der Waals surface area contributed by atoms with E-state index in [-0.39, 0.29) is 17.7 Å². The molecule has 1 heterocycles. The van der Waals surface area contributed by atoms with E-state index in [1.165, 1.54) is 11.3 Å². The fourth-order valence-corrected chi connectivity index (χ4v) is 4.72. The summed E-state index contributed by atoms with van der Waals surface area (Å²) < 4.78 is 5.24. The maximum absolute atomic E-state index is 12.7. The van der Waals surface area contributed by atoms with Crippen molar-refractivity contribution in [3.63, 3.8) is 0 Å². The van der Waals surface area contributed by atoms with Gasteiger partial charge in [-0.15, -0.1) is 11.3 Å². The number of methoxy groups -OCH3 is 1. The predicted molar refractivity (Wildman–Crippen MR) is 122 cm³/mol. The Bertz CT molecular complexity index is 1090. The molecule has 0 radical (unpaired) electrons. The molecule has 0 saturated heterocycles. The molecule has 0 spiro atoms. The summed E-state index contributed by atoms with van der Waals surface area (Å²) >= 11 is 1.46. The molecule has 1 aromatic heterocycles. The molecule has 1 atom stereocenters. The van der Waals surface area contributed by atoms with Gasteiger partial charge in [0, 0.05) is 17.0 Å². The van der Waals surface area contributed by atoms with Gasteiger partial charge in [0.2, 0.25) is 5.91 Å². The number of anilines is 1. The van der Waals surface area contributed by atoms with Gasteiger partial charge in [-0.25, -0.2) is 4.98 Å². The summed E-state index contributed by atoms with van der Waals surface area (Å²) in [6.45, 7) is 2.54. The Labute approximate surface area is 185 Å². The molecule has 4 rings (SSSR count). The number of aryl methyl sites for hydroxylation is 2. The average molecular weight is 436 g/mol. The van der Waals surface area contributed by atoms with Crippen LogP contribution in [0.15, 0.2) is 48.5 Å². The van der Waals surface area contributed by atoms with E-state index in [2.05, 4.69) is 15.6 Å². The van der Waals surface area contributed by atoms with Gasteiger partial charge in [0.1, 0.15) is 5.75 Å². The number of benzene rings is 2. The normalized spacial score (nSPS) is 14.7. The van der Waals surface area contributed by atoms with Crippen LogP contribution < -0.4 is 15.4 Å². The molecule has 160 valence electrons. The van der Waals surface area contributed by atoms with Gasteiger partial charge in [-0.1, -0.05) is 29.8 Å². The third kappa shape index (κ3) is 4.94. The van der Waals surface area contributed by atoms with Gasteiger partial charge in [-0.05, 0) is 56.0 Å². The van der Waals surface area contributed by atoms with Crippen molar-refractivity contribution in [1.82, 2.24) is 10.3 Å². The van der Waals surface area contributed by atoms with Gasteiger partial charge in [-0.3, -0.25) is 14.9 Å². The summed E-state index contributed by atoms with van der Waals surface area (Å²) in [7, 11) is 1.64. The Kier molecular flexibility index (Phi) is 6.32. The molecular formula is C24H25N3O3S. The molecular weight excluding hydrogens is 410 g/mol. The Hall–Kier alpha value is -3.19. The number of thiazole rings is 1. The summed E-state index contributed by atoms with van der Waals surface area (Å²) in [4.78, 5) is 30.9. The van der Waals surface area contributed by atoms with Gasteiger partial charge >= 0.3 is 0 Å². The minimum atomic E-state index is -0.262. The number of aromatic nitrogens is 1. The smallest absolute Gasteiger partial charge is 0.257 e. The van der Waals surface area contributed by atoms with Gasteiger partial charge < -0.3 is 10.1 Å². The maximum Gasteiger partial charge on any atom is 0.257 e. The predicted octanol–water partition coefficient (Wildman–Crippen LogP) is 4.10. The van der Waals surface area contributed by atoms with Crippen molar-refractivity contribution >= 4 is 28.3 Å². The van der Waals surface area contributed by atoms with Crippen molar-refractivity contribution in [2.75, 3.05) is 19.0 Å².